The van der Waals surface area contributed by atoms with E-state index in [0.717, 1.165) is 40.8 Å². The average molecular weight is 497 g/mol. The number of halogens is 4. The molecule has 5 nitrogen and oxygen atoms in total. The van der Waals surface area contributed by atoms with Crippen LogP contribution in [0.25, 0.3) is 5.76 Å². The van der Waals surface area contributed by atoms with E-state index in [9.17, 15) is 32.3 Å². The van der Waals surface area contributed by atoms with Crippen molar-refractivity contribution in [3.8, 4) is 5.75 Å². The van der Waals surface area contributed by atoms with Gasteiger partial charge in [-0.05, 0) is 66.6 Å². The summed E-state index contributed by atoms with van der Waals surface area (Å²) < 4.78 is 59.5. The van der Waals surface area contributed by atoms with Gasteiger partial charge in [0.05, 0.1) is 17.2 Å². The van der Waals surface area contributed by atoms with Crippen LogP contribution in [-0.4, -0.2) is 22.9 Å². The number of ether oxygens (including phenoxy) is 1. The highest BCUT2D eigenvalue weighted by Gasteiger charge is 2.47. The second-order valence-electron chi connectivity index (χ2n) is 8.72. The van der Waals surface area contributed by atoms with Gasteiger partial charge < -0.3 is 9.84 Å². The number of Topliss-reactive ketones (excluding diaryl/α,β-unsaturated/α-hetero) is 1. The maximum Gasteiger partial charge on any atom is 0.416 e. The van der Waals surface area contributed by atoms with E-state index in [0.29, 0.717) is 12.2 Å². The first-order valence-electron chi connectivity index (χ1n) is 11.1. The van der Waals surface area contributed by atoms with E-state index < -0.39 is 41.0 Å². The van der Waals surface area contributed by atoms with Gasteiger partial charge in [-0.1, -0.05) is 18.2 Å². The lowest BCUT2D eigenvalue weighted by molar-refractivity contribution is -0.137. The van der Waals surface area contributed by atoms with Crippen molar-refractivity contribution in [2.45, 2.75) is 31.7 Å². The lowest BCUT2D eigenvalue weighted by Gasteiger charge is -2.26. The number of aliphatic hydroxyl groups excluding tert-OH is 1. The Morgan fingerprint density at radius 3 is 2.44 bits per heavy atom. The Bertz CT molecular complexity index is 1410. The number of anilines is 1. The number of ketones is 1. The first-order valence-corrected chi connectivity index (χ1v) is 11.1. The molecule has 3 aromatic carbocycles. The number of benzene rings is 3. The smallest absolute Gasteiger partial charge is 0.416 e. The van der Waals surface area contributed by atoms with Crippen LogP contribution in [0.2, 0.25) is 0 Å². The molecule has 9 heteroatoms. The summed E-state index contributed by atoms with van der Waals surface area (Å²) in [5.74, 6) is -2.60. The molecule has 1 N–H and O–H groups in total. The highest BCUT2D eigenvalue weighted by molar-refractivity contribution is 6.51. The number of aliphatic hydroxyl groups is 1. The van der Waals surface area contributed by atoms with Crippen LogP contribution in [-0.2, 0) is 22.2 Å². The van der Waals surface area contributed by atoms with Gasteiger partial charge in [-0.25, -0.2) is 4.39 Å². The van der Waals surface area contributed by atoms with Crippen molar-refractivity contribution in [3.63, 3.8) is 0 Å². The minimum Gasteiger partial charge on any atom is -0.507 e. The monoisotopic (exact) mass is 497 g/mol. The fourth-order valence-electron chi connectivity index (χ4n) is 4.62. The minimum absolute atomic E-state index is 0.0666. The van der Waals surface area contributed by atoms with E-state index in [-0.39, 0.29) is 28.5 Å². The number of hydrogen-bond donors (Lipinski definition) is 1. The topological polar surface area (TPSA) is 66.8 Å². The zero-order chi connectivity index (χ0) is 25.8. The maximum absolute atomic E-state index is 13.7. The number of carbonyl (C=O) groups is 2. The van der Waals surface area contributed by atoms with Crippen molar-refractivity contribution in [2.75, 3.05) is 4.90 Å². The normalized spacial score (nSPS) is 21.0. The van der Waals surface area contributed by atoms with Gasteiger partial charge in [-0.15, -0.1) is 0 Å². The summed E-state index contributed by atoms with van der Waals surface area (Å²) in [4.78, 5) is 27.2. The molecule has 0 radical (unpaired) electrons. The molecule has 2 aliphatic heterocycles. The van der Waals surface area contributed by atoms with E-state index in [2.05, 4.69) is 0 Å². The van der Waals surface area contributed by atoms with Crippen molar-refractivity contribution < 1.29 is 37.0 Å². The van der Waals surface area contributed by atoms with Crippen molar-refractivity contribution in [1.82, 2.24) is 0 Å². The number of hydrogen-bond acceptors (Lipinski definition) is 4. The number of amides is 1. The Morgan fingerprint density at radius 2 is 1.75 bits per heavy atom. The van der Waals surface area contributed by atoms with Crippen LogP contribution in [0, 0.1) is 5.82 Å². The number of rotatable bonds is 3. The third-order valence-electron chi connectivity index (χ3n) is 6.25. The van der Waals surface area contributed by atoms with Crippen molar-refractivity contribution in [3.05, 3.63) is 100 Å². The average Bonchev–Trinajstić information content (AvgIpc) is 3.34. The zero-order valence-electron chi connectivity index (χ0n) is 18.8. The van der Waals surface area contributed by atoms with Gasteiger partial charge in [0, 0.05) is 17.7 Å². The first-order chi connectivity index (χ1) is 17.0. The quantitative estimate of drug-likeness (QED) is 0.215. The molecular weight excluding hydrogens is 478 g/mol. The van der Waals surface area contributed by atoms with Crippen LogP contribution in [0.15, 0.2) is 72.3 Å². The second-order valence-corrected chi connectivity index (χ2v) is 8.72. The molecule has 2 aliphatic rings. The van der Waals surface area contributed by atoms with Gasteiger partial charge in [0.25, 0.3) is 11.7 Å². The molecule has 184 valence electrons. The van der Waals surface area contributed by atoms with Crippen LogP contribution in [0.4, 0.5) is 23.2 Å². The molecular formula is C27H19F4NO4. The van der Waals surface area contributed by atoms with Gasteiger partial charge in [-0.3, -0.25) is 14.5 Å². The molecule has 1 fully saturated rings. The minimum atomic E-state index is -4.68. The summed E-state index contributed by atoms with van der Waals surface area (Å²) in [5, 5.41) is 11.2. The summed E-state index contributed by atoms with van der Waals surface area (Å²) >= 11 is 0. The third kappa shape index (κ3) is 4.00. The van der Waals surface area contributed by atoms with Gasteiger partial charge in [0.15, 0.2) is 0 Å². The van der Waals surface area contributed by atoms with E-state index >= 15 is 0 Å². The molecule has 2 unspecified atom stereocenters. The fraction of sp³-hybridized carbons (Fsp3) is 0.185. The molecule has 0 spiro atoms. The van der Waals surface area contributed by atoms with Gasteiger partial charge in [0.2, 0.25) is 0 Å². The molecule has 36 heavy (non-hydrogen) atoms. The Labute approximate surface area is 203 Å². The fourth-order valence-corrected chi connectivity index (χ4v) is 4.62. The number of alkyl halides is 3. The van der Waals surface area contributed by atoms with Crippen LogP contribution in [0.1, 0.15) is 35.2 Å². The Hall–Kier alpha value is -4.14. The van der Waals surface area contributed by atoms with E-state index in [4.69, 9.17) is 4.74 Å². The van der Waals surface area contributed by atoms with Crippen LogP contribution < -0.4 is 9.64 Å². The molecule has 0 saturated carbocycles. The van der Waals surface area contributed by atoms with E-state index in [1.54, 1.807) is 12.1 Å². The predicted molar refractivity (Wildman–Crippen MR) is 123 cm³/mol. The zero-order valence-corrected chi connectivity index (χ0v) is 18.8. The number of fused-ring (bicyclic) bond motifs is 1. The molecule has 1 amide bonds. The Balaban J connectivity index is 1.69. The SMILES string of the molecule is CC1Cc2cc(/C(O)=C3/C(=O)C(=O)N(c4cccc(C(F)(F)F)c4)C3c3ccc(F)cc3)ccc2O1. The van der Waals surface area contributed by atoms with Crippen molar-refractivity contribution >= 4 is 23.1 Å². The van der Waals surface area contributed by atoms with Crippen molar-refractivity contribution in [2.24, 2.45) is 0 Å². The van der Waals surface area contributed by atoms with Gasteiger partial charge in [0.1, 0.15) is 23.4 Å². The third-order valence-corrected chi connectivity index (χ3v) is 6.25. The van der Waals surface area contributed by atoms with Crippen molar-refractivity contribution in [1.29, 1.82) is 0 Å². The maximum atomic E-state index is 13.7. The highest BCUT2D eigenvalue weighted by Crippen LogP contribution is 2.44. The Kier molecular flexibility index (Phi) is 5.58. The summed E-state index contributed by atoms with van der Waals surface area (Å²) in [6, 6.07) is 12.4. The lowest BCUT2D eigenvalue weighted by atomic mass is 9.94. The number of carbonyl (C=O) groups excluding carboxylic acids is 2. The summed E-state index contributed by atoms with van der Waals surface area (Å²) in [6.45, 7) is 1.88. The van der Waals surface area contributed by atoms with E-state index in [1.165, 1.54) is 24.3 Å². The van der Waals surface area contributed by atoms with Gasteiger partial charge >= 0.3 is 6.18 Å². The summed E-state index contributed by atoms with van der Waals surface area (Å²) in [5.41, 5.74) is -0.204. The molecule has 5 rings (SSSR count). The van der Waals surface area contributed by atoms with Crippen LogP contribution in [0.5, 0.6) is 5.75 Å². The molecule has 0 aromatic heterocycles. The largest absolute Gasteiger partial charge is 0.507 e. The Morgan fingerprint density at radius 1 is 1.03 bits per heavy atom. The van der Waals surface area contributed by atoms with Crippen LogP contribution >= 0.6 is 0 Å². The predicted octanol–water partition coefficient (Wildman–Crippen LogP) is 5.79. The molecule has 2 heterocycles. The molecule has 3 aromatic rings. The second kappa shape index (κ2) is 8.51. The van der Waals surface area contributed by atoms with Crippen LogP contribution in [0.3, 0.4) is 0 Å². The van der Waals surface area contributed by atoms with E-state index in [1.807, 2.05) is 6.92 Å². The molecule has 0 bridgehead atoms. The highest BCUT2D eigenvalue weighted by atomic mass is 19.4. The lowest BCUT2D eigenvalue weighted by Crippen LogP contribution is -2.29. The summed E-state index contributed by atoms with van der Waals surface area (Å²) in [6.07, 6.45) is -4.17. The summed E-state index contributed by atoms with van der Waals surface area (Å²) in [7, 11) is 0. The molecule has 1 saturated heterocycles. The molecule has 0 aliphatic carbocycles. The molecule has 2 atom stereocenters. The number of nitrogens with zero attached hydrogens (tertiary/aromatic N) is 1. The van der Waals surface area contributed by atoms with Gasteiger partial charge in [-0.2, -0.15) is 13.2 Å². The standard InChI is InChI=1S/C27H19F4NO4/c1-14-11-17-12-16(7-10-21(17)36-14)24(33)22-23(15-5-8-19(28)9-6-15)32(26(35)25(22)34)20-4-2-3-18(13-20)27(29,30)31/h2-10,12-14,23,33H,11H2,1H3/b24-22-. The first kappa shape index (κ1) is 23.6.